The summed E-state index contributed by atoms with van der Waals surface area (Å²) in [5.74, 6) is 0. The van der Waals surface area contributed by atoms with E-state index in [-0.39, 0.29) is 17.5 Å². The van der Waals surface area contributed by atoms with Crippen LogP contribution in [-0.2, 0) is 15.4 Å². The van der Waals surface area contributed by atoms with Crippen LogP contribution in [0.2, 0.25) is 0 Å². The van der Waals surface area contributed by atoms with Crippen molar-refractivity contribution in [1.29, 1.82) is 0 Å². The van der Waals surface area contributed by atoms with Crippen molar-refractivity contribution in [1.82, 2.24) is 9.62 Å². The molecule has 21 heavy (non-hydrogen) atoms. The van der Waals surface area contributed by atoms with Crippen LogP contribution in [0.4, 0.5) is 0 Å². The van der Waals surface area contributed by atoms with Crippen molar-refractivity contribution in [2.75, 3.05) is 13.1 Å². The van der Waals surface area contributed by atoms with Crippen LogP contribution in [0.15, 0.2) is 29.2 Å². The van der Waals surface area contributed by atoms with E-state index in [0.29, 0.717) is 18.0 Å². The molecule has 118 valence electrons. The number of nitrogens with zero attached hydrogens (tertiary/aromatic N) is 1. The minimum atomic E-state index is -3.40. The minimum Gasteiger partial charge on any atom is -0.309 e. The van der Waals surface area contributed by atoms with Gasteiger partial charge in [0.05, 0.1) is 4.90 Å². The van der Waals surface area contributed by atoms with E-state index in [1.807, 2.05) is 26.0 Å². The number of nitrogens with one attached hydrogen (secondary N) is 1. The predicted molar refractivity (Wildman–Crippen MR) is 86.0 cm³/mol. The van der Waals surface area contributed by atoms with Crippen molar-refractivity contribution < 1.29 is 8.42 Å². The lowest BCUT2D eigenvalue weighted by Gasteiger charge is -2.35. The zero-order chi connectivity index (χ0) is 15.8. The zero-order valence-corrected chi connectivity index (χ0v) is 14.4. The number of piperazine rings is 1. The predicted octanol–water partition coefficient (Wildman–Crippen LogP) is 2.36. The summed E-state index contributed by atoms with van der Waals surface area (Å²) in [4.78, 5) is 0.386. The molecule has 0 aromatic heterocycles. The van der Waals surface area contributed by atoms with Gasteiger partial charge >= 0.3 is 0 Å². The summed E-state index contributed by atoms with van der Waals surface area (Å²) >= 11 is 0. The molecular formula is C16H26N2O2S. The standard InChI is InChI=1S/C16H26N2O2S/c1-12-10-18(11-13(2)17-12)21(19,20)15-8-6-14(7-9-15)16(3,4)5/h6-9,12-13,17H,10-11H2,1-5H3. The van der Waals surface area contributed by atoms with Gasteiger partial charge in [-0.25, -0.2) is 8.42 Å². The summed E-state index contributed by atoms with van der Waals surface area (Å²) in [5.41, 5.74) is 1.17. The largest absolute Gasteiger partial charge is 0.309 e. The van der Waals surface area contributed by atoms with Crippen LogP contribution in [0, 0.1) is 0 Å². The van der Waals surface area contributed by atoms with Gasteiger partial charge in [0.2, 0.25) is 10.0 Å². The fourth-order valence-corrected chi connectivity index (χ4v) is 4.37. The van der Waals surface area contributed by atoms with Crippen molar-refractivity contribution >= 4 is 10.0 Å². The molecule has 1 N–H and O–H groups in total. The molecule has 1 fully saturated rings. The Morgan fingerprint density at radius 2 is 1.52 bits per heavy atom. The van der Waals surface area contributed by atoms with Gasteiger partial charge in [-0.1, -0.05) is 32.9 Å². The second-order valence-electron chi connectivity index (χ2n) is 7.07. The summed E-state index contributed by atoms with van der Waals surface area (Å²) in [6.45, 7) is 11.4. The summed E-state index contributed by atoms with van der Waals surface area (Å²) in [5, 5.41) is 3.36. The molecule has 1 heterocycles. The first-order valence-electron chi connectivity index (χ1n) is 7.47. The molecule has 5 heteroatoms. The molecule has 1 aromatic rings. The molecule has 2 unspecified atom stereocenters. The molecule has 0 amide bonds. The first-order valence-corrected chi connectivity index (χ1v) is 8.91. The van der Waals surface area contributed by atoms with Gasteiger partial charge < -0.3 is 5.32 Å². The van der Waals surface area contributed by atoms with E-state index >= 15 is 0 Å². The van der Waals surface area contributed by atoms with Crippen LogP contribution < -0.4 is 5.32 Å². The third kappa shape index (κ3) is 3.65. The maximum atomic E-state index is 12.7. The molecule has 1 aliphatic rings. The lowest BCUT2D eigenvalue weighted by Crippen LogP contribution is -2.55. The number of hydrogen-bond donors (Lipinski definition) is 1. The Kier molecular flexibility index (Phi) is 4.47. The van der Waals surface area contributed by atoms with Crippen molar-refractivity contribution in [3.63, 3.8) is 0 Å². The van der Waals surface area contributed by atoms with E-state index in [9.17, 15) is 8.42 Å². The molecule has 2 rings (SSSR count). The molecule has 1 saturated heterocycles. The van der Waals surface area contributed by atoms with E-state index in [4.69, 9.17) is 0 Å². The Balaban J connectivity index is 2.27. The van der Waals surface area contributed by atoms with Gasteiger partial charge in [-0.3, -0.25) is 0 Å². The Morgan fingerprint density at radius 3 is 1.95 bits per heavy atom. The van der Waals surface area contributed by atoms with Crippen molar-refractivity contribution in [2.45, 2.75) is 57.0 Å². The molecule has 0 bridgehead atoms. The second kappa shape index (κ2) is 5.71. The van der Waals surface area contributed by atoms with Crippen LogP contribution in [0.25, 0.3) is 0 Å². The van der Waals surface area contributed by atoms with E-state index in [1.165, 1.54) is 0 Å². The Bertz CT molecular complexity index is 578. The van der Waals surface area contributed by atoms with Crippen LogP contribution in [0.3, 0.4) is 0 Å². The normalized spacial score (nSPS) is 25.0. The SMILES string of the molecule is CC1CN(S(=O)(=O)c2ccc(C(C)(C)C)cc2)CC(C)N1. The highest BCUT2D eigenvalue weighted by Crippen LogP contribution is 2.25. The van der Waals surface area contributed by atoms with Gasteiger partial charge in [-0.15, -0.1) is 0 Å². The Labute approximate surface area is 128 Å². The number of sulfonamides is 1. The summed E-state index contributed by atoms with van der Waals surface area (Å²) < 4.78 is 27.1. The van der Waals surface area contributed by atoms with Crippen LogP contribution >= 0.6 is 0 Å². The second-order valence-corrected chi connectivity index (χ2v) is 9.00. The molecule has 0 spiro atoms. The van der Waals surface area contributed by atoms with Crippen molar-refractivity contribution in [3.05, 3.63) is 29.8 Å². The minimum absolute atomic E-state index is 0.0281. The van der Waals surface area contributed by atoms with Gasteiger partial charge in [0.1, 0.15) is 0 Å². The average molecular weight is 310 g/mol. The maximum absolute atomic E-state index is 12.7. The molecule has 1 aliphatic heterocycles. The molecule has 0 aliphatic carbocycles. The number of benzene rings is 1. The van der Waals surface area contributed by atoms with Crippen LogP contribution in [0.1, 0.15) is 40.2 Å². The van der Waals surface area contributed by atoms with E-state index < -0.39 is 10.0 Å². The first kappa shape index (κ1) is 16.5. The average Bonchev–Trinajstić information content (AvgIpc) is 2.36. The highest BCUT2D eigenvalue weighted by molar-refractivity contribution is 7.89. The number of rotatable bonds is 2. The lowest BCUT2D eigenvalue weighted by molar-refractivity contribution is 0.263. The van der Waals surface area contributed by atoms with Crippen molar-refractivity contribution in [2.24, 2.45) is 0 Å². The van der Waals surface area contributed by atoms with Gasteiger partial charge in [0.25, 0.3) is 0 Å². The molecule has 2 atom stereocenters. The van der Waals surface area contributed by atoms with Gasteiger partial charge in [0, 0.05) is 25.2 Å². The Hall–Kier alpha value is -0.910. The van der Waals surface area contributed by atoms with E-state index in [2.05, 4.69) is 26.1 Å². The quantitative estimate of drug-likeness (QED) is 0.912. The zero-order valence-electron chi connectivity index (χ0n) is 13.6. The van der Waals surface area contributed by atoms with E-state index in [1.54, 1.807) is 16.4 Å². The highest BCUT2D eigenvalue weighted by Gasteiger charge is 2.31. The van der Waals surface area contributed by atoms with Gasteiger partial charge in [-0.05, 0) is 37.0 Å². The number of hydrogen-bond acceptors (Lipinski definition) is 3. The summed E-state index contributed by atoms with van der Waals surface area (Å²) in [6, 6.07) is 7.65. The third-order valence-electron chi connectivity index (χ3n) is 3.88. The maximum Gasteiger partial charge on any atom is 0.243 e. The lowest BCUT2D eigenvalue weighted by atomic mass is 9.87. The molecule has 0 radical (unpaired) electrons. The fourth-order valence-electron chi connectivity index (χ4n) is 2.75. The van der Waals surface area contributed by atoms with E-state index in [0.717, 1.165) is 5.56 Å². The Morgan fingerprint density at radius 1 is 1.05 bits per heavy atom. The monoisotopic (exact) mass is 310 g/mol. The van der Waals surface area contributed by atoms with Crippen molar-refractivity contribution in [3.8, 4) is 0 Å². The molecule has 0 saturated carbocycles. The molecule has 4 nitrogen and oxygen atoms in total. The molecule has 1 aromatic carbocycles. The molecular weight excluding hydrogens is 284 g/mol. The third-order valence-corrected chi connectivity index (χ3v) is 5.73. The smallest absolute Gasteiger partial charge is 0.243 e. The first-order chi connectivity index (χ1) is 9.60. The summed E-state index contributed by atoms with van der Waals surface area (Å²) in [7, 11) is -3.40. The topological polar surface area (TPSA) is 49.4 Å². The summed E-state index contributed by atoms with van der Waals surface area (Å²) in [6.07, 6.45) is 0. The van der Waals surface area contributed by atoms with Crippen LogP contribution in [-0.4, -0.2) is 37.9 Å². The fraction of sp³-hybridized carbons (Fsp3) is 0.625. The highest BCUT2D eigenvalue weighted by atomic mass is 32.2. The van der Waals surface area contributed by atoms with Crippen LogP contribution in [0.5, 0.6) is 0 Å². The van der Waals surface area contributed by atoms with Gasteiger partial charge in [-0.2, -0.15) is 4.31 Å². The van der Waals surface area contributed by atoms with Gasteiger partial charge in [0.15, 0.2) is 0 Å².